The maximum Gasteiger partial charge on any atom is 0.407 e. The molecule has 1 saturated heterocycles. The van der Waals surface area contributed by atoms with Gasteiger partial charge in [0.25, 0.3) is 0 Å². The van der Waals surface area contributed by atoms with E-state index in [1.165, 1.54) is 0 Å². The van der Waals surface area contributed by atoms with Gasteiger partial charge in [0.15, 0.2) is 0 Å². The van der Waals surface area contributed by atoms with Crippen LogP contribution in [0.2, 0.25) is 0 Å². The molecule has 0 bridgehead atoms. The zero-order valence-electron chi connectivity index (χ0n) is 18.4. The summed E-state index contributed by atoms with van der Waals surface area (Å²) in [6, 6.07) is 14.8. The van der Waals surface area contributed by atoms with Gasteiger partial charge in [-0.15, -0.1) is 0 Å². The van der Waals surface area contributed by atoms with Gasteiger partial charge in [-0.3, -0.25) is 4.79 Å². The molecule has 7 nitrogen and oxygen atoms in total. The molecule has 32 heavy (non-hydrogen) atoms. The van der Waals surface area contributed by atoms with E-state index < -0.39 is 6.09 Å². The van der Waals surface area contributed by atoms with Crippen molar-refractivity contribution in [3.05, 3.63) is 59.7 Å². The quantitative estimate of drug-likeness (QED) is 0.549. The van der Waals surface area contributed by atoms with Gasteiger partial charge in [0, 0.05) is 6.07 Å². The number of esters is 1. The van der Waals surface area contributed by atoms with E-state index in [0.29, 0.717) is 24.5 Å². The van der Waals surface area contributed by atoms with Crippen LogP contribution in [0.5, 0.6) is 11.5 Å². The number of carbonyl (C=O) groups excluding carboxylic acids is 2. The van der Waals surface area contributed by atoms with Crippen molar-refractivity contribution >= 4 is 12.1 Å². The normalized spacial score (nSPS) is 18.8. The minimum atomic E-state index is -0.467. The second-order valence-corrected chi connectivity index (χ2v) is 8.32. The Morgan fingerprint density at radius 3 is 2.66 bits per heavy atom. The average molecular weight is 439 g/mol. The predicted molar refractivity (Wildman–Crippen MR) is 120 cm³/mol. The molecule has 0 saturated carbocycles. The fourth-order valence-corrected chi connectivity index (χ4v) is 4.12. The molecule has 2 aliphatic rings. The number of benzene rings is 2. The number of nitrogens with one attached hydrogen (secondary N) is 1. The molecule has 0 aromatic heterocycles. The molecule has 1 N–H and O–H groups in total. The van der Waals surface area contributed by atoms with Crippen molar-refractivity contribution in [1.29, 1.82) is 0 Å². The summed E-state index contributed by atoms with van der Waals surface area (Å²) >= 11 is 0. The highest BCUT2D eigenvalue weighted by molar-refractivity contribution is 5.75. The SMILES string of the molecule is CCN1CCC(C(=O)Oc2ccc3c(c2)OC[C@H](NC(=O)OCc2ccccc2)C3)CC1. The van der Waals surface area contributed by atoms with E-state index in [1.807, 2.05) is 36.4 Å². The molecule has 170 valence electrons. The minimum Gasteiger partial charge on any atom is -0.491 e. The van der Waals surface area contributed by atoms with Crippen molar-refractivity contribution in [2.75, 3.05) is 26.2 Å². The number of fused-ring (bicyclic) bond motifs is 1. The highest BCUT2D eigenvalue weighted by atomic mass is 16.6. The average Bonchev–Trinajstić information content (AvgIpc) is 2.83. The van der Waals surface area contributed by atoms with Crippen LogP contribution in [-0.4, -0.2) is 49.2 Å². The second-order valence-electron chi connectivity index (χ2n) is 8.32. The molecular formula is C25H30N2O5. The maximum absolute atomic E-state index is 12.5. The summed E-state index contributed by atoms with van der Waals surface area (Å²) in [5, 5.41) is 2.85. The molecule has 1 fully saturated rings. The number of hydrogen-bond donors (Lipinski definition) is 1. The predicted octanol–water partition coefficient (Wildman–Crippen LogP) is 3.55. The molecule has 1 atom stereocenters. The Morgan fingerprint density at radius 2 is 1.91 bits per heavy atom. The van der Waals surface area contributed by atoms with E-state index in [0.717, 1.165) is 43.6 Å². The molecule has 0 aliphatic carbocycles. The Bertz CT molecular complexity index is 925. The summed E-state index contributed by atoms with van der Waals surface area (Å²) < 4.78 is 16.7. The standard InChI is InChI=1S/C25H30N2O5/c1-2-27-12-10-19(11-13-27)24(28)32-22-9-8-20-14-21(17-30-23(20)15-22)26-25(29)31-16-18-6-4-3-5-7-18/h3-9,15,19,21H,2,10-14,16-17H2,1H3,(H,26,29)/t21-/m1/s1. The van der Waals surface area contributed by atoms with Gasteiger partial charge in [0.1, 0.15) is 24.7 Å². The zero-order valence-corrected chi connectivity index (χ0v) is 18.4. The van der Waals surface area contributed by atoms with Gasteiger partial charge in [0.05, 0.1) is 12.0 Å². The van der Waals surface area contributed by atoms with E-state index in [2.05, 4.69) is 17.1 Å². The van der Waals surface area contributed by atoms with Gasteiger partial charge in [-0.2, -0.15) is 0 Å². The lowest BCUT2D eigenvalue weighted by atomic mass is 9.97. The summed E-state index contributed by atoms with van der Waals surface area (Å²) in [6.07, 6.45) is 1.83. The number of rotatable bonds is 6. The van der Waals surface area contributed by atoms with Crippen molar-refractivity contribution in [3.63, 3.8) is 0 Å². The molecule has 0 radical (unpaired) electrons. The Morgan fingerprint density at radius 1 is 1.12 bits per heavy atom. The monoisotopic (exact) mass is 438 g/mol. The molecule has 4 rings (SSSR count). The Hall–Kier alpha value is -3.06. The third-order valence-electron chi connectivity index (χ3n) is 6.07. The summed E-state index contributed by atoms with van der Waals surface area (Å²) in [6.45, 7) is 5.59. The fourth-order valence-electron chi connectivity index (χ4n) is 4.12. The summed E-state index contributed by atoms with van der Waals surface area (Å²) in [5.41, 5.74) is 1.89. The van der Waals surface area contributed by atoms with E-state index in [-0.39, 0.29) is 24.5 Å². The molecule has 1 amide bonds. The molecule has 0 spiro atoms. The Kier molecular flexibility index (Phi) is 7.27. The number of alkyl carbamates (subject to hydrolysis) is 1. The first-order valence-electron chi connectivity index (χ1n) is 11.3. The second kappa shape index (κ2) is 10.5. The third-order valence-corrected chi connectivity index (χ3v) is 6.07. The van der Waals surface area contributed by atoms with Crippen LogP contribution < -0.4 is 14.8 Å². The van der Waals surface area contributed by atoms with Gasteiger partial charge in [-0.25, -0.2) is 4.79 Å². The van der Waals surface area contributed by atoms with Crippen molar-refractivity contribution in [2.24, 2.45) is 5.92 Å². The lowest BCUT2D eigenvalue weighted by molar-refractivity contribution is -0.140. The van der Waals surface area contributed by atoms with E-state index >= 15 is 0 Å². The third kappa shape index (κ3) is 5.79. The number of piperidine rings is 1. The van der Waals surface area contributed by atoms with Crippen LogP contribution in [0.4, 0.5) is 4.79 Å². The molecule has 2 aromatic carbocycles. The minimum absolute atomic E-state index is 0.0507. The van der Waals surface area contributed by atoms with Crippen LogP contribution in [0, 0.1) is 5.92 Å². The highest BCUT2D eigenvalue weighted by Crippen LogP contribution is 2.30. The Balaban J connectivity index is 1.26. The van der Waals surface area contributed by atoms with Gasteiger partial charge >= 0.3 is 12.1 Å². The van der Waals surface area contributed by atoms with Gasteiger partial charge in [-0.05, 0) is 56.1 Å². The first-order chi connectivity index (χ1) is 15.6. The van der Waals surface area contributed by atoms with Crippen LogP contribution in [0.15, 0.2) is 48.5 Å². The van der Waals surface area contributed by atoms with E-state index in [1.54, 1.807) is 12.1 Å². The van der Waals surface area contributed by atoms with Crippen molar-refractivity contribution < 1.29 is 23.8 Å². The van der Waals surface area contributed by atoms with Gasteiger partial charge in [0.2, 0.25) is 0 Å². The largest absolute Gasteiger partial charge is 0.491 e. The van der Waals surface area contributed by atoms with Gasteiger partial charge < -0.3 is 24.4 Å². The van der Waals surface area contributed by atoms with E-state index in [9.17, 15) is 9.59 Å². The van der Waals surface area contributed by atoms with Crippen LogP contribution in [0.1, 0.15) is 30.9 Å². The summed E-state index contributed by atoms with van der Waals surface area (Å²) in [4.78, 5) is 27.0. The molecular weight excluding hydrogens is 408 g/mol. The van der Waals surface area contributed by atoms with Crippen molar-refractivity contribution in [2.45, 2.75) is 38.8 Å². The van der Waals surface area contributed by atoms with Crippen LogP contribution in [-0.2, 0) is 22.6 Å². The molecule has 2 aromatic rings. The van der Waals surface area contributed by atoms with Gasteiger partial charge in [-0.1, -0.05) is 43.3 Å². The number of likely N-dealkylation sites (tertiary alicyclic amines) is 1. The van der Waals surface area contributed by atoms with Crippen LogP contribution >= 0.6 is 0 Å². The molecule has 2 heterocycles. The molecule has 2 aliphatic heterocycles. The number of nitrogens with zero attached hydrogens (tertiary/aromatic N) is 1. The van der Waals surface area contributed by atoms with E-state index in [4.69, 9.17) is 14.2 Å². The van der Waals surface area contributed by atoms with Crippen molar-refractivity contribution in [1.82, 2.24) is 10.2 Å². The lowest BCUT2D eigenvalue weighted by Crippen LogP contribution is -2.42. The Labute approximate surface area is 188 Å². The number of hydrogen-bond acceptors (Lipinski definition) is 6. The summed E-state index contributed by atoms with van der Waals surface area (Å²) in [5.74, 6) is 0.967. The first kappa shape index (κ1) is 22.1. The van der Waals surface area contributed by atoms with Crippen LogP contribution in [0.3, 0.4) is 0 Å². The smallest absolute Gasteiger partial charge is 0.407 e. The van der Waals surface area contributed by atoms with Crippen molar-refractivity contribution in [3.8, 4) is 11.5 Å². The first-order valence-corrected chi connectivity index (χ1v) is 11.3. The number of carbonyl (C=O) groups is 2. The molecule has 0 unspecified atom stereocenters. The number of amides is 1. The fraction of sp³-hybridized carbons (Fsp3) is 0.440. The number of ether oxygens (including phenoxy) is 3. The summed E-state index contributed by atoms with van der Waals surface area (Å²) in [7, 11) is 0. The zero-order chi connectivity index (χ0) is 22.3. The lowest BCUT2D eigenvalue weighted by Gasteiger charge is -2.29. The molecule has 7 heteroatoms. The van der Waals surface area contributed by atoms with Crippen LogP contribution in [0.25, 0.3) is 0 Å². The topological polar surface area (TPSA) is 77.1 Å². The highest BCUT2D eigenvalue weighted by Gasteiger charge is 2.27. The maximum atomic E-state index is 12.5.